The molecular formula is C21H39InO3S6. The maximum Gasteiger partial charge on any atom is 3.00 e. The van der Waals surface area contributed by atoms with Crippen LogP contribution in [0.1, 0.15) is 83.1 Å². The Kier molecular flexibility index (Phi) is 22.4. The molecule has 0 spiro atoms. The van der Waals surface area contributed by atoms with Crippen molar-refractivity contribution in [3.8, 4) is 0 Å². The molecule has 0 radical (unpaired) electrons. The molecule has 0 aliphatic rings. The summed E-state index contributed by atoms with van der Waals surface area (Å²) in [4.78, 5) is 0. The number of thiocarbonyl (C=S) groups is 3. The molecule has 3 unspecified atom stereocenters. The van der Waals surface area contributed by atoms with Gasteiger partial charge < -0.3 is 88.8 Å². The summed E-state index contributed by atoms with van der Waals surface area (Å²) in [5.74, 6) is 0. The maximum atomic E-state index is 5.16. The molecule has 3 atom stereocenters. The number of hydrogen-bond donors (Lipinski definition) is 0. The number of rotatable bonds is 3. The van der Waals surface area contributed by atoms with E-state index in [9.17, 15) is 0 Å². The van der Waals surface area contributed by atoms with Gasteiger partial charge in [-0.15, -0.1) is 0 Å². The predicted octanol–water partition coefficient (Wildman–Crippen LogP) is 6.43. The molecule has 0 amide bonds. The van der Waals surface area contributed by atoms with Crippen LogP contribution in [0.2, 0.25) is 0 Å². The molecule has 0 aliphatic carbocycles. The van der Waals surface area contributed by atoms with Gasteiger partial charge in [0.05, 0.1) is 18.3 Å². The molecule has 0 N–H and O–H groups in total. The van der Waals surface area contributed by atoms with Gasteiger partial charge in [-0.2, -0.15) is 0 Å². The third-order valence-corrected chi connectivity index (χ3v) is 5.06. The van der Waals surface area contributed by atoms with E-state index >= 15 is 0 Å². The smallest absolute Gasteiger partial charge is 0.510 e. The molecule has 0 fully saturated rings. The second kappa shape index (κ2) is 17.6. The normalized spacial score (nSPS) is 13.9. The van der Waals surface area contributed by atoms with E-state index < -0.39 is 0 Å². The topological polar surface area (TPSA) is 27.7 Å². The van der Waals surface area contributed by atoms with E-state index in [1.165, 1.54) is 0 Å². The van der Waals surface area contributed by atoms with Gasteiger partial charge in [-0.3, -0.25) is 0 Å². The average Bonchev–Trinajstić information content (AvgIpc) is 2.43. The summed E-state index contributed by atoms with van der Waals surface area (Å²) in [6, 6.07) is 0. The fourth-order valence-electron chi connectivity index (χ4n) is 0.963. The van der Waals surface area contributed by atoms with Crippen LogP contribution >= 0.6 is 36.7 Å². The van der Waals surface area contributed by atoms with E-state index in [1.807, 2.05) is 20.8 Å². The van der Waals surface area contributed by atoms with Crippen molar-refractivity contribution in [2.24, 2.45) is 16.2 Å². The van der Waals surface area contributed by atoms with Gasteiger partial charge in [-0.1, -0.05) is 62.3 Å². The first-order chi connectivity index (χ1) is 13.0. The van der Waals surface area contributed by atoms with Gasteiger partial charge in [0, 0.05) is 13.1 Å². The first kappa shape index (κ1) is 39.4. The molecule has 3 nitrogen and oxygen atoms in total. The standard InChI is InChI=1S/3C7H14OS2.In/c3*1-5(7(2,3)4)8-6(9)10;/h3*5H,1-4H3,(H,9,10);/q;;;+3/p-3. The van der Waals surface area contributed by atoms with Gasteiger partial charge in [0.15, 0.2) is 0 Å². The Balaban J connectivity index is -0.000000174. The molecule has 0 aliphatic heterocycles. The Morgan fingerprint density at radius 1 is 0.516 bits per heavy atom. The fraction of sp³-hybridized carbons (Fsp3) is 0.857. The minimum absolute atomic E-state index is 0. The van der Waals surface area contributed by atoms with Gasteiger partial charge in [-0.25, -0.2) is 0 Å². The number of ether oxygens (including phenoxy) is 3. The minimum Gasteiger partial charge on any atom is -0.510 e. The largest absolute Gasteiger partial charge is 3.00 e. The zero-order chi connectivity index (χ0) is 25.1. The van der Waals surface area contributed by atoms with Crippen LogP contribution in [0.25, 0.3) is 0 Å². The minimum atomic E-state index is 0. The molecule has 0 bridgehead atoms. The monoisotopic (exact) mass is 646 g/mol. The quantitative estimate of drug-likeness (QED) is 0.254. The van der Waals surface area contributed by atoms with Gasteiger partial charge in [0.1, 0.15) is 0 Å². The predicted molar refractivity (Wildman–Crippen MR) is 156 cm³/mol. The third-order valence-electron chi connectivity index (χ3n) is 4.48. The molecule has 0 rings (SSSR count). The van der Waals surface area contributed by atoms with Gasteiger partial charge in [0.2, 0.25) is 0 Å². The third kappa shape index (κ3) is 27.3. The Morgan fingerprint density at radius 2 is 0.645 bits per heavy atom. The molecule has 0 aromatic carbocycles. The van der Waals surface area contributed by atoms with Crippen molar-refractivity contribution in [1.29, 1.82) is 0 Å². The zero-order valence-electron chi connectivity index (χ0n) is 21.0. The van der Waals surface area contributed by atoms with E-state index in [2.05, 4.69) is 137 Å². The van der Waals surface area contributed by atoms with Crippen molar-refractivity contribution in [3.63, 3.8) is 0 Å². The van der Waals surface area contributed by atoms with Gasteiger partial charge in [0.25, 0.3) is 0 Å². The van der Waals surface area contributed by atoms with Crippen LogP contribution in [-0.4, -0.2) is 57.3 Å². The molecule has 180 valence electrons. The summed E-state index contributed by atoms with van der Waals surface area (Å²) >= 11 is 27.8. The molecule has 0 saturated heterocycles. The van der Waals surface area contributed by atoms with E-state index in [0.717, 1.165) is 0 Å². The summed E-state index contributed by atoms with van der Waals surface area (Å²) in [5, 5.41) is 0. The van der Waals surface area contributed by atoms with E-state index in [0.29, 0.717) is 0 Å². The van der Waals surface area contributed by atoms with Crippen molar-refractivity contribution >= 4 is 114 Å². The van der Waals surface area contributed by atoms with Crippen molar-refractivity contribution in [1.82, 2.24) is 0 Å². The van der Waals surface area contributed by atoms with Crippen LogP contribution in [-0.2, 0) is 52.1 Å². The van der Waals surface area contributed by atoms with Crippen LogP contribution < -0.4 is 0 Å². The first-order valence-electron chi connectivity index (χ1n) is 9.64. The summed E-state index contributed by atoms with van der Waals surface area (Å²) in [7, 11) is 0. The fourth-order valence-corrected chi connectivity index (χ4v) is 1.83. The summed E-state index contributed by atoms with van der Waals surface area (Å²) in [6.45, 7) is 24.7. The van der Waals surface area contributed by atoms with Gasteiger partial charge in [-0.05, 0) is 37.0 Å². The van der Waals surface area contributed by atoms with E-state index in [4.69, 9.17) is 14.2 Å². The second-order valence-electron chi connectivity index (χ2n) is 10.1. The molecule has 0 saturated carbocycles. The van der Waals surface area contributed by atoms with E-state index in [1.54, 1.807) is 0 Å². The van der Waals surface area contributed by atoms with Crippen LogP contribution in [0.15, 0.2) is 0 Å². The zero-order valence-corrected chi connectivity index (χ0v) is 29.2. The van der Waals surface area contributed by atoms with Crippen molar-refractivity contribution in [2.45, 2.75) is 101 Å². The van der Waals surface area contributed by atoms with Crippen molar-refractivity contribution in [3.05, 3.63) is 0 Å². The van der Waals surface area contributed by atoms with E-state index in [-0.39, 0.29) is 73.5 Å². The Labute approximate surface area is 243 Å². The molecule has 0 aromatic rings. The van der Waals surface area contributed by atoms with Gasteiger partial charge >= 0.3 is 25.8 Å². The number of hydrogen-bond acceptors (Lipinski definition) is 9. The Hall–Kier alpha value is 1.20. The van der Waals surface area contributed by atoms with Crippen LogP contribution in [0.4, 0.5) is 0 Å². The van der Waals surface area contributed by atoms with Crippen LogP contribution in [0, 0.1) is 16.2 Å². The summed E-state index contributed by atoms with van der Waals surface area (Å²) < 4.78 is 16.1. The molecule has 0 aromatic heterocycles. The van der Waals surface area contributed by atoms with Crippen molar-refractivity contribution in [2.75, 3.05) is 0 Å². The molecular weight excluding hydrogens is 607 g/mol. The second-order valence-corrected chi connectivity index (χ2v) is 13.1. The first-order valence-corrected chi connectivity index (χ1v) is 12.1. The Bertz CT molecular complexity index is 461. The molecule has 0 heterocycles. The SMILES string of the molecule is CC(OC(=S)[S-])C(C)(C)C.CC(OC(=S)[S-])C(C)(C)C.CC(OC(=S)[S-])C(C)(C)C.[In+3]. The molecule has 10 heteroatoms. The average molecular weight is 647 g/mol. The maximum absolute atomic E-state index is 5.16. The van der Waals surface area contributed by atoms with Crippen molar-refractivity contribution < 1.29 is 14.2 Å². The van der Waals surface area contributed by atoms with Crippen LogP contribution in [0.3, 0.4) is 0 Å². The van der Waals surface area contributed by atoms with Crippen LogP contribution in [0.5, 0.6) is 0 Å². The molecule has 31 heavy (non-hydrogen) atoms. The summed E-state index contributed by atoms with van der Waals surface area (Å²) in [5.41, 5.74) is 0.342. The Morgan fingerprint density at radius 3 is 0.677 bits per heavy atom. The summed E-state index contributed by atoms with van der Waals surface area (Å²) in [6.07, 6.45) is 0.285.